The molecular formula is C19H21ClN4O3S. The van der Waals surface area contributed by atoms with Crippen molar-refractivity contribution < 1.29 is 14.3 Å². The van der Waals surface area contributed by atoms with Gasteiger partial charge in [-0.05, 0) is 31.0 Å². The van der Waals surface area contributed by atoms with Gasteiger partial charge in [-0.15, -0.1) is 0 Å². The van der Waals surface area contributed by atoms with Crippen LogP contribution in [0.2, 0.25) is 5.02 Å². The number of halogens is 1. The number of amides is 3. The number of nitrogens with zero attached hydrogens (tertiary/aromatic N) is 2. The molecule has 0 bridgehead atoms. The van der Waals surface area contributed by atoms with Gasteiger partial charge < -0.3 is 20.3 Å². The minimum atomic E-state index is -0.223. The van der Waals surface area contributed by atoms with Crippen molar-refractivity contribution in [2.45, 2.75) is 32.2 Å². The highest BCUT2D eigenvalue weighted by Gasteiger charge is 2.28. The molecule has 2 aliphatic rings. The maximum Gasteiger partial charge on any atom is 0.322 e. The van der Waals surface area contributed by atoms with Crippen molar-refractivity contribution in [1.29, 1.82) is 0 Å². The lowest BCUT2D eigenvalue weighted by Gasteiger charge is -2.26. The summed E-state index contributed by atoms with van der Waals surface area (Å²) in [6.07, 6.45) is 3.69. The third-order valence-corrected chi connectivity index (χ3v) is 6.36. The first-order valence-corrected chi connectivity index (χ1v) is 10.4. The second-order valence-corrected chi connectivity index (χ2v) is 8.47. The lowest BCUT2D eigenvalue weighted by molar-refractivity contribution is -0.122. The van der Waals surface area contributed by atoms with E-state index in [0.717, 1.165) is 29.8 Å². The van der Waals surface area contributed by atoms with E-state index in [1.165, 1.54) is 11.3 Å². The summed E-state index contributed by atoms with van der Waals surface area (Å²) in [5.74, 6) is 0.727. The number of fused-ring (bicyclic) bond motifs is 1. The standard InChI is InChI=1S/C19H21ClN4O3S/c1-27-15-6-5-12(20)9-14(15)22-19(26)24-8-7-13-16(10-24)28-18(21-13)23-17(25)11-3-2-4-11/h5-6,9,11H,2-4,7-8,10H2,1H3,(H,22,26)(H,21,23,25). The van der Waals surface area contributed by atoms with Gasteiger partial charge in [0.1, 0.15) is 5.75 Å². The molecule has 0 atom stereocenters. The summed E-state index contributed by atoms with van der Waals surface area (Å²) < 4.78 is 5.28. The molecule has 1 aromatic carbocycles. The Labute approximate surface area is 172 Å². The molecule has 3 amide bonds. The number of ether oxygens (including phenoxy) is 1. The fourth-order valence-electron chi connectivity index (χ4n) is 3.27. The molecule has 4 rings (SSSR count). The molecule has 2 aromatic rings. The fourth-order valence-corrected chi connectivity index (χ4v) is 4.47. The Morgan fingerprint density at radius 1 is 1.32 bits per heavy atom. The van der Waals surface area contributed by atoms with Crippen LogP contribution in [0.3, 0.4) is 0 Å². The monoisotopic (exact) mass is 420 g/mol. The van der Waals surface area contributed by atoms with Gasteiger partial charge in [-0.1, -0.05) is 29.4 Å². The number of rotatable bonds is 4. The van der Waals surface area contributed by atoms with E-state index in [4.69, 9.17) is 16.3 Å². The topological polar surface area (TPSA) is 83.6 Å². The Kier molecular flexibility index (Phi) is 5.41. The van der Waals surface area contributed by atoms with Crippen molar-refractivity contribution in [3.05, 3.63) is 33.8 Å². The van der Waals surface area contributed by atoms with Gasteiger partial charge in [-0.2, -0.15) is 0 Å². The molecule has 0 unspecified atom stereocenters. The number of nitrogens with one attached hydrogen (secondary N) is 2. The number of methoxy groups -OCH3 is 1. The molecule has 0 spiro atoms. The molecule has 1 saturated carbocycles. The summed E-state index contributed by atoms with van der Waals surface area (Å²) >= 11 is 7.47. The first-order chi connectivity index (χ1) is 13.5. The summed E-state index contributed by atoms with van der Waals surface area (Å²) in [5.41, 5.74) is 1.49. The predicted octanol–water partition coefficient (Wildman–Crippen LogP) is 4.13. The average Bonchev–Trinajstić information content (AvgIpc) is 3.01. The molecule has 2 N–H and O–H groups in total. The zero-order valence-corrected chi connectivity index (χ0v) is 17.0. The van der Waals surface area contributed by atoms with Crippen LogP contribution in [0.4, 0.5) is 15.6 Å². The minimum Gasteiger partial charge on any atom is -0.495 e. The van der Waals surface area contributed by atoms with Crippen LogP contribution in [-0.4, -0.2) is 35.5 Å². The van der Waals surface area contributed by atoms with Crippen LogP contribution in [0, 0.1) is 5.92 Å². The lowest BCUT2D eigenvalue weighted by Crippen LogP contribution is -2.38. The molecule has 0 radical (unpaired) electrons. The van der Waals surface area contributed by atoms with Gasteiger partial charge in [-0.3, -0.25) is 4.79 Å². The van der Waals surface area contributed by atoms with Crippen LogP contribution >= 0.6 is 22.9 Å². The van der Waals surface area contributed by atoms with Crippen LogP contribution in [0.5, 0.6) is 5.75 Å². The third kappa shape index (κ3) is 3.93. The van der Waals surface area contributed by atoms with Crippen LogP contribution in [0.15, 0.2) is 18.2 Å². The molecule has 1 aromatic heterocycles. The molecule has 9 heteroatoms. The van der Waals surface area contributed by atoms with Gasteiger partial charge >= 0.3 is 6.03 Å². The van der Waals surface area contributed by atoms with E-state index in [1.54, 1.807) is 30.2 Å². The molecule has 28 heavy (non-hydrogen) atoms. The largest absolute Gasteiger partial charge is 0.495 e. The van der Waals surface area contributed by atoms with Gasteiger partial charge in [0, 0.05) is 28.8 Å². The second kappa shape index (κ2) is 7.97. The second-order valence-electron chi connectivity index (χ2n) is 6.95. The number of urea groups is 1. The SMILES string of the molecule is COc1ccc(Cl)cc1NC(=O)N1CCc2nc(NC(=O)C3CCC3)sc2C1. The van der Waals surface area contributed by atoms with E-state index in [2.05, 4.69) is 15.6 Å². The van der Waals surface area contributed by atoms with E-state index in [9.17, 15) is 9.59 Å². The van der Waals surface area contributed by atoms with Gasteiger partial charge in [0.05, 0.1) is 25.0 Å². The van der Waals surface area contributed by atoms with Crippen molar-refractivity contribution in [2.24, 2.45) is 5.92 Å². The van der Waals surface area contributed by atoms with E-state index < -0.39 is 0 Å². The first kappa shape index (κ1) is 19.0. The quantitative estimate of drug-likeness (QED) is 0.778. The number of hydrogen-bond donors (Lipinski definition) is 2. The molecule has 0 saturated heterocycles. The number of anilines is 2. The number of benzene rings is 1. The summed E-state index contributed by atoms with van der Waals surface area (Å²) in [5, 5.41) is 6.93. The Balaban J connectivity index is 1.41. The highest BCUT2D eigenvalue weighted by Crippen LogP contribution is 2.32. The molecule has 1 fully saturated rings. The molecule has 148 valence electrons. The number of carbonyl (C=O) groups excluding carboxylic acids is 2. The maximum atomic E-state index is 12.7. The number of thiazole rings is 1. The highest BCUT2D eigenvalue weighted by molar-refractivity contribution is 7.15. The van der Waals surface area contributed by atoms with Crippen LogP contribution in [-0.2, 0) is 17.8 Å². The zero-order chi connectivity index (χ0) is 19.7. The van der Waals surface area contributed by atoms with Crippen molar-refractivity contribution in [2.75, 3.05) is 24.3 Å². The van der Waals surface area contributed by atoms with E-state index in [0.29, 0.717) is 41.1 Å². The van der Waals surface area contributed by atoms with Crippen molar-refractivity contribution >= 4 is 45.7 Å². The maximum absolute atomic E-state index is 12.7. The Hall–Kier alpha value is -2.32. The van der Waals surface area contributed by atoms with E-state index >= 15 is 0 Å². The van der Waals surface area contributed by atoms with Crippen molar-refractivity contribution in [3.63, 3.8) is 0 Å². The Bertz CT molecular complexity index is 913. The van der Waals surface area contributed by atoms with Crippen LogP contribution < -0.4 is 15.4 Å². The van der Waals surface area contributed by atoms with Crippen molar-refractivity contribution in [1.82, 2.24) is 9.88 Å². The zero-order valence-electron chi connectivity index (χ0n) is 15.5. The smallest absolute Gasteiger partial charge is 0.322 e. The molecular weight excluding hydrogens is 400 g/mol. The van der Waals surface area contributed by atoms with E-state index in [1.807, 2.05) is 0 Å². The van der Waals surface area contributed by atoms with Gasteiger partial charge in [0.25, 0.3) is 0 Å². The summed E-state index contributed by atoms with van der Waals surface area (Å²) in [6.45, 7) is 1.02. The van der Waals surface area contributed by atoms with Crippen molar-refractivity contribution in [3.8, 4) is 5.75 Å². The van der Waals surface area contributed by atoms with Gasteiger partial charge in [0.15, 0.2) is 5.13 Å². The number of aromatic nitrogens is 1. The normalized spacial score (nSPS) is 16.1. The first-order valence-electron chi connectivity index (χ1n) is 9.22. The molecule has 1 aliphatic carbocycles. The molecule has 2 heterocycles. The summed E-state index contributed by atoms with van der Waals surface area (Å²) in [6, 6.07) is 4.86. The van der Waals surface area contributed by atoms with Crippen LogP contribution in [0.25, 0.3) is 0 Å². The Morgan fingerprint density at radius 3 is 2.86 bits per heavy atom. The highest BCUT2D eigenvalue weighted by atomic mass is 35.5. The number of hydrogen-bond acceptors (Lipinski definition) is 5. The summed E-state index contributed by atoms with van der Waals surface area (Å²) in [4.78, 5) is 32.1. The lowest BCUT2D eigenvalue weighted by atomic mass is 9.85. The number of carbonyl (C=O) groups is 2. The Morgan fingerprint density at radius 2 is 2.14 bits per heavy atom. The van der Waals surface area contributed by atoms with Gasteiger partial charge in [0.2, 0.25) is 5.91 Å². The fraction of sp³-hybridized carbons (Fsp3) is 0.421. The van der Waals surface area contributed by atoms with Gasteiger partial charge in [-0.25, -0.2) is 9.78 Å². The van der Waals surface area contributed by atoms with Crippen LogP contribution in [0.1, 0.15) is 29.8 Å². The average molecular weight is 421 g/mol. The predicted molar refractivity (Wildman–Crippen MR) is 109 cm³/mol. The third-order valence-electron chi connectivity index (χ3n) is 5.13. The minimum absolute atomic E-state index is 0.0556. The summed E-state index contributed by atoms with van der Waals surface area (Å²) in [7, 11) is 1.54. The van der Waals surface area contributed by atoms with E-state index in [-0.39, 0.29) is 17.9 Å². The molecule has 7 nitrogen and oxygen atoms in total. The molecule has 1 aliphatic heterocycles.